The normalized spacial score (nSPS) is 11.0. The van der Waals surface area contributed by atoms with Crippen LogP contribution in [0, 0.1) is 5.82 Å². The summed E-state index contributed by atoms with van der Waals surface area (Å²) in [6.45, 7) is -3.15. The zero-order chi connectivity index (χ0) is 16.4. The Morgan fingerprint density at radius 1 is 1.35 bits per heavy atom. The number of fused-ring (bicyclic) bond motifs is 1. The maximum absolute atomic E-state index is 13.2. The minimum Gasteiger partial charge on any atom is -0.432 e. The molecule has 23 heavy (non-hydrogen) atoms. The lowest BCUT2D eigenvalue weighted by molar-refractivity contribution is -0.0495. The molecule has 6 nitrogen and oxygen atoms in total. The van der Waals surface area contributed by atoms with Gasteiger partial charge < -0.3 is 10.1 Å². The Hall–Kier alpha value is -3.10. The van der Waals surface area contributed by atoms with Crippen LogP contribution in [0.1, 0.15) is 10.4 Å². The molecule has 0 spiro atoms. The van der Waals surface area contributed by atoms with Gasteiger partial charge in [0, 0.05) is 18.5 Å². The zero-order valence-electron chi connectivity index (χ0n) is 11.4. The summed E-state index contributed by atoms with van der Waals surface area (Å²) in [6, 6.07) is 4.54. The van der Waals surface area contributed by atoms with E-state index in [0.29, 0.717) is 5.65 Å². The first-order chi connectivity index (χ1) is 11.0. The van der Waals surface area contributed by atoms with E-state index in [4.69, 9.17) is 0 Å². The van der Waals surface area contributed by atoms with Crippen molar-refractivity contribution in [3.05, 3.63) is 54.2 Å². The van der Waals surface area contributed by atoms with Gasteiger partial charge in [0.1, 0.15) is 11.4 Å². The zero-order valence-corrected chi connectivity index (χ0v) is 11.4. The van der Waals surface area contributed by atoms with Gasteiger partial charge in [0.25, 0.3) is 5.91 Å². The average molecular weight is 322 g/mol. The fourth-order valence-corrected chi connectivity index (χ4v) is 1.97. The van der Waals surface area contributed by atoms with E-state index in [0.717, 1.165) is 18.2 Å². The number of ether oxygens (including phenoxy) is 1. The summed E-state index contributed by atoms with van der Waals surface area (Å²) < 4.78 is 43.5. The van der Waals surface area contributed by atoms with Crippen molar-refractivity contribution in [2.24, 2.45) is 0 Å². The van der Waals surface area contributed by atoms with Crippen molar-refractivity contribution in [1.82, 2.24) is 14.6 Å². The summed E-state index contributed by atoms with van der Waals surface area (Å²) in [7, 11) is 0. The number of carbonyl (C=O) groups is 1. The van der Waals surface area contributed by atoms with Crippen molar-refractivity contribution in [2.75, 3.05) is 5.32 Å². The lowest BCUT2D eigenvalue weighted by atomic mass is 10.2. The first kappa shape index (κ1) is 14.8. The molecular weight excluding hydrogens is 313 g/mol. The van der Waals surface area contributed by atoms with Gasteiger partial charge in [0.2, 0.25) is 0 Å². The van der Waals surface area contributed by atoms with Gasteiger partial charge in [0.05, 0.1) is 11.9 Å². The Bertz CT molecular complexity index is 866. The van der Waals surface area contributed by atoms with Crippen molar-refractivity contribution in [2.45, 2.75) is 6.61 Å². The molecule has 1 amide bonds. The third-order valence-electron chi connectivity index (χ3n) is 2.93. The van der Waals surface area contributed by atoms with E-state index in [-0.39, 0.29) is 11.3 Å². The molecule has 2 heterocycles. The minimum absolute atomic E-state index is 0.0908. The number of carbonyl (C=O) groups excluding carboxylic acids is 1. The van der Waals surface area contributed by atoms with E-state index in [9.17, 15) is 18.0 Å². The summed E-state index contributed by atoms with van der Waals surface area (Å²) in [6.07, 6.45) is 4.37. The number of nitrogens with one attached hydrogen (secondary N) is 1. The Labute approximate surface area is 127 Å². The molecule has 2 aromatic heterocycles. The second-order valence-corrected chi connectivity index (χ2v) is 4.42. The van der Waals surface area contributed by atoms with Gasteiger partial charge >= 0.3 is 6.61 Å². The number of benzene rings is 1. The Kier molecular flexibility index (Phi) is 3.83. The van der Waals surface area contributed by atoms with E-state index in [1.807, 2.05) is 0 Å². The van der Waals surface area contributed by atoms with Gasteiger partial charge in [-0.15, -0.1) is 0 Å². The van der Waals surface area contributed by atoms with Crippen molar-refractivity contribution in [3.8, 4) is 5.75 Å². The summed E-state index contributed by atoms with van der Waals surface area (Å²) in [5, 5.41) is 6.33. The quantitative estimate of drug-likeness (QED) is 0.802. The first-order valence-electron chi connectivity index (χ1n) is 6.38. The molecule has 9 heteroatoms. The Morgan fingerprint density at radius 2 is 2.17 bits per heavy atom. The molecule has 3 aromatic rings. The van der Waals surface area contributed by atoms with Gasteiger partial charge in [-0.1, -0.05) is 0 Å². The third-order valence-corrected chi connectivity index (χ3v) is 2.93. The fraction of sp³-hybridized carbons (Fsp3) is 0.0714. The van der Waals surface area contributed by atoms with Gasteiger partial charge in [-0.25, -0.2) is 13.9 Å². The van der Waals surface area contributed by atoms with Gasteiger partial charge in [-0.2, -0.15) is 13.9 Å². The molecule has 0 aliphatic heterocycles. The lowest BCUT2D eigenvalue weighted by Crippen LogP contribution is -2.14. The highest BCUT2D eigenvalue weighted by molar-refractivity contribution is 6.08. The largest absolute Gasteiger partial charge is 0.432 e. The molecule has 0 fully saturated rings. The van der Waals surface area contributed by atoms with Crippen molar-refractivity contribution in [1.29, 1.82) is 0 Å². The average Bonchev–Trinajstić information content (AvgIpc) is 2.93. The van der Waals surface area contributed by atoms with Crippen LogP contribution in [0.3, 0.4) is 0 Å². The molecule has 0 atom stereocenters. The number of amides is 1. The van der Waals surface area contributed by atoms with Crippen LogP contribution < -0.4 is 10.1 Å². The number of hydrogen-bond donors (Lipinski definition) is 1. The lowest BCUT2D eigenvalue weighted by Gasteiger charge is -2.11. The summed E-state index contributed by atoms with van der Waals surface area (Å²) in [4.78, 5) is 16.3. The molecule has 118 valence electrons. The summed E-state index contributed by atoms with van der Waals surface area (Å²) in [5.74, 6) is -1.88. The maximum Gasteiger partial charge on any atom is 0.387 e. The van der Waals surface area contributed by atoms with Gasteiger partial charge in [-0.05, 0) is 18.2 Å². The fourth-order valence-electron chi connectivity index (χ4n) is 1.97. The van der Waals surface area contributed by atoms with E-state index >= 15 is 0 Å². The monoisotopic (exact) mass is 322 g/mol. The van der Waals surface area contributed by atoms with E-state index in [1.54, 1.807) is 12.3 Å². The molecular formula is C14H9F3N4O2. The van der Waals surface area contributed by atoms with E-state index < -0.39 is 24.1 Å². The predicted molar refractivity (Wildman–Crippen MR) is 74.0 cm³/mol. The highest BCUT2D eigenvalue weighted by Gasteiger charge is 2.17. The highest BCUT2D eigenvalue weighted by Crippen LogP contribution is 2.27. The molecule has 0 radical (unpaired) electrons. The highest BCUT2D eigenvalue weighted by atomic mass is 19.3. The topological polar surface area (TPSA) is 68.5 Å². The Morgan fingerprint density at radius 3 is 2.96 bits per heavy atom. The van der Waals surface area contributed by atoms with Crippen LogP contribution in [-0.2, 0) is 0 Å². The molecule has 1 N–H and O–H groups in total. The molecule has 0 bridgehead atoms. The van der Waals surface area contributed by atoms with Crippen LogP contribution in [0.4, 0.5) is 18.9 Å². The van der Waals surface area contributed by atoms with Gasteiger partial charge in [-0.3, -0.25) is 4.79 Å². The summed E-state index contributed by atoms with van der Waals surface area (Å²) in [5.41, 5.74) is 0.341. The molecule has 3 rings (SSSR count). The third kappa shape index (κ3) is 3.07. The predicted octanol–water partition coefficient (Wildman–Crippen LogP) is 2.72. The second-order valence-electron chi connectivity index (χ2n) is 4.42. The molecule has 0 unspecified atom stereocenters. The number of nitrogens with zero attached hydrogens (tertiary/aromatic N) is 3. The van der Waals surface area contributed by atoms with Crippen molar-refractivity contribution >= 4 is 17.2 Å². The van der Waals surface area contributed by atoms with E-state index in [1.165, 1.54) is 16.9 Å². The maximum atomic E-state index is 13.2. The molecule has 0 saturated heterocycles. The Balaban J connectivity index is 1.91. The van der Waals surface area contributed by atoms with Crippen LogP contribution in [-0.4, -0.2) is 27.1 Å². The van der Waals surface area contributed by atoms with Crippen LogP contribution >= 0.6 is 0 Å². The molecule has 0 aliphatic carbocycles. The first-order valence-corrected chi connectivity index (χ1v) is 6.38. The number of rotatable bonds is 4. The van der Waals surface area contributed by atoms with Crippen LogP contribution in [0.2, 0.25) is 0 Å². The number of alkyl halides is 2. The molecule has 0 saturated carbocycles. The minimum atomic E-state index is -3.15. The number of hydrogen-bond acceptors (Lipinski definition) is 4. The van der Waals surface area contributed by atoms with Crippen LogP contribution in [0.5, 0.6) is 5.75 Å². The molecule has 0 aliphatic rings. The summed E-state index contributed by atoms with van der Waals surface area (Å²) >= 11 is 0. The van der Waals surface area contributed by atoms with Crippen molar-refractivity contribution in [3.63, 3.8) is 0 Å². The number of aromatic nitrogens is 3. The van der Waals surface area contributed by atoms with Gasteiger partial charge in [0.15, 0.2) is 11.4 Å². The second kappa shape index (κ2) is 5.95. The number of halogens is 3. The van der Waals surface area contributed by atoms with E-state index in [2.05, 4.69) is 20.1 Å². The smallest absolute Gasteiger partial charge is 0.387 e. The number of anilines is 1. The van der Waals surface area contributed by atoms with Crippen LogP contribution in [0.25, 0.3) is 5.65 Å². The SMILES string of the molecule is O=C(Nc1ccc(F)cc1OC(F)F)c1cnn2cccnc12. The van der Waals surface area contributed by atoms with Crippen LogP contribution in [0.15, 0.2) is 42.9 Å². The standard InChI is InChI=1S/C14H9F3N4O2/c15-8-2-3-10(11(6-8)23-14(16)17)20-13(22)9-7-19-21-5-1-4-18-12(9)21/h1-7,14H,(H,20,22). The van der Waals surface area contributed by atoms with Crippen molar-refractivity contribution < 1.29 is 22.7 Å². The molecule has 1 aromatic carbocycles.